The van der Waals surface area contributed by atoms with Crippen LogP contribution in [0.25, 0.3) is 0 Å². The molecule has 4 rings (SSSR count). The lowest BCUT2D eigenvalue weighted by atomic mass is 10.2. The van der Waals surface area contributed by atoms with E-state index in [4.69, 9.17) is 26.2 Å². The number of anilines is 2. The molecule has 1 aromatic heterocycles. The van der Waals surface area contributed by atoms with Gasteiger partial charge >= 0.3 is 5.97 Å². The number of nitrogens with zero attached hydrogens (tertiary/aromatic N) is 1. The number of carboxylic acid groups (broad SMARTS) is 1. The maximum absolute atomic E-state index is 13.4. The number of hydrogen-bond acceptors (Lipinski definition) is 7. The Morgan fingerprint density at radius 3 is 2.50 bits per heavy atom. The van der Waals surface area contributed by atoms with Crippen LogP contribution in [-0.4, -0.2) is 38.2 Å². The summed E-state index contributed by atoms with van der Waals surface area (Å²) in [7, 11) is -2.85. The van der Waals surface area contributed by atoms with E-state index in [9.17, 15) is 18.0 Å². The molecule has 1 amide bonds. The van der Waals surface area contributed by atoms with E-state index in [1.165, 1.54) is 43.4 Å². The summed E-state index contributed by atoms with van der Waals surface area (Å²) in [5.41, 5.74) is 0.466. The molecule has 0 saturated heterocycles. The van der Waals surface area contributed by atoms with E-state index in [1.807, 2.05) is 0 Å². The minimum atomic E-state index is -4.20. The Balaban J connectivity index is 1.64. The number of ether oxygens (including phenoxy) is 2. The molecule has 0 spiro atoms. The largest absolute Gasteiger partial charge is 0.478 e. The Bertz CT molecular complexity index is 1420. The van der Waals surface area contributed by atoms with Gasteiger partial charge in [0.05, 0.1) is 15.6 Å². The number of carboxylic acids is 1. The van der Waals surface area contributed by atoms with Gasteiger partial charge in [0.2, 0.25) is 5.79 Å². The molecule has 9 nitrogen and oxygen atoms in total. The number of carbonyl (C=O) groups excluding carboxylic acids is 1. The smallest absolute Gasteiger partial charge is 0.335 e. The molecule has 2 N–H and O–H groups in total. The number of fused-ring (bicyclic) bond motifs is 1. The van der Waals surface area contributed by atoms with Crippen molar-refractivity contribution in [2.75, 3.05) is 16.7 Å². The first-order valence-corrected chi connectivity index (χ1v) is 12.5. The summed E-state index contributed by atoms with van der Waals surface area (Å²) in [6, 6.07) is 11.5. The van der Waals surface area contributed by atoms with Crippen molar-refractivity contribution in [3.63, 3.8) is 0 Å². The lowest BCUT2D eigenvalue weighted by Crippen LogP contribution is -2.29. The fourth-order valence-corrected chi connectivity index (χ4v) is 6.18. The fraction of sp³-hybridized carbons (Fsp3) is 0.182. The number of sulfonamides is 1. The Kier molecular flexibility index (Phi) is 5.96. The molecule has 1 aliphatic heterocycles. The van der Waals surface area contributed by atoms with E-state index in [1.54, 1.807) is 26.0 Å². The third-order valence-electron chi connectivity index (χ3n) is 4.88. The molecule has 0 bridgehead atoms. The molecule has 2 aromatic carbocycles. The third-order valence-corrected chi connectivity index (χ3v) is 8.08. The summed E-state index contributed by atoms with van der Waals surface area (Å²) < 4.78 is 39.3. The van der Waals surface area contributed by atoms with Crippen LogP contribution in [0.1, 0.15) is 33.9 Å². The van der Waals surface area contributed by atoms with Gasteiger partial charge in [-0.15, -0.1) is 11.3 Å². The lowest BCUT2D eigenvalue weighted by Gasteiger charge is -2.20. The summed E-state index contributed by atoms with van der Waals surface area (Å²) >= 11 is 6.88. The number of aromatic carboxylic acids is 1. The molecular formula is C22H19ClN2O7S2. The van der Waals surface area contributed by atoms with Crippen molar-refractivity contribution in [3.05, 3.63) is 63.3 Å². The monoisotopic (exact) mass is 522 g/mol. The summed E-state index contributed by atoms with van der Waals surface area (Å²) in [5.74, 6) is -1.89. The van der Waals surface area contributed by atoms with Gasteiger partial charge in [0, 0.05) is 32.6 Å². The van der Waals surface area contributed by atoms with E-state index in [0.717, 1.165) is 15.6 Å². The van der Waals surface area contributed by atoms with E-state index < -0.39 is 27.7 Å². The van der Waals surface area contributed by atoms with Crippen LogP contribution in [0.5, 0.6) is 11.5 Å². The number of halogens is 1. The molecule has 34 heavy (non-hydrogen) atoms. The van der Waals surface area contributed by atoms with Crippen molar-refractivity contribution < 1.29 is 32.6 Å². The normalized spacial score (nSPS) is 14.0. The molecule has 2 heterocycles. The zero-order chi connectivity index (χ0) is 24.8. The van der Waals surface area contributed by atoms with E-state index in [2.05, 4.69) is 5.32 Å². The zero-order valence-corrected chi connectivity index (χ0v) is 20.5. The maximum atomic E-state index is 13.4. The Morgan fingerprint density at radius 2 is 1.79 bits per heavy atom. The number of benzene rings is 2. The third kappa shape index (κ3) is 4.54. The van der Waals surface area contributed by atoms with E-state index in [-0.39, 0.29) is 25.4 Å². The Hall–Kier alpha value is -3.28. The maximum Gasteiger partial charge on any atom is 0.335 e. The van der Waals surface area contributed by atoms with Gasteiger partial charge in [-0.05, 0) is 36.4 Å². The first kappa shape index (κ1) is 23.9. The highest BCUT2D eigenvalue weighted by Gasteiger charge is 2.34. The van der Waals surface area contributed by atoms with Gasteiger partial charge in [-0.2, -0.15) is 0 Å². The van der Waals surface area contributed by atoms with Crippen LogP contribution in [0.3, 0.4) is 0 Å². The molecular weight excluding hydrogens is 504 g/mol. The van der Waals surface area contributed by atoms with Gasteiger partial charge in [0.15, 0.2) is 11.5 Å². The number of carbonyl (C=O) groups is 2. The van der Waals surface area contributed by atoms with Crippen molar-refractivity contribution in [2.45, 2.75) is 24.5 Å². The molecule has 1 aliphatic rings. The second-order valence-corrected chi connectivity index (χ2v) is 11.4. The molecule has 3 aromatic rings. The molecule has 178 valence electrons. The minimum Gasteiger partial charge on any atom is -0.478 e. The molecule has 0 fully saturated rings. The van der Waals surface area contributed by atoms with E-state index in [0.29, 0.717) is 17.2 Å². The average molecular weight is 523 g/mol. The van der Waals surface area contributed by atoms with Gasteiger partial charge < -0.3 is 19.9 Å². The topological polar surface area (TPSA) is 122 Å². The van der Waals surface area contributed by atoms with Crippen molar-refractivity contribution in [1.82, 2.24) is 0 Å². The molecule has 0 atom stereocenters. The van der Waals surface area contributed by atoms with Crippen LogP contribution < -0.4 is 19.1 Å². The number of thiophene rings is 1. The number of amides is 1. The highest BCUT2D eigenvalue weighted by molar-refractivity contribution is 7.93. The summed E-state index contributed by atoms with van der Waals surface area (Å²) in [4.78, 5) is 23.7. The van der Waals surface area contributed by atoms with Crippen molar-refractivity contribution in [1.29, 1.82) is 0 Å². The standard InChI is InChI=1S/C22H19ClN2O7S2/c1-22(2)31-15-8-7-14(10-16(15)32-22)25(3)34(29,30)17-11-18(23)33-19(17)20(26)24-13-6-4-5-12(9-13)21(27)28/h4-11H,1-3H3,(H,24,26)(H,27,28). The minimum absolute atomic E-state index is 0.0272. The SMILES string of the molecule is CN(c1ccc2c(c1)OC(C)(C)O2)S(=O)(=O)c1cc(Cl)sc1C(=O)Nc1cccc(C(=O)O)c1. The fourth-order valence-electron chi connectivity index (χ4n) is 3.31. The van der Waals surface area contributed by atoms with E-state index >= 15 is 0 Å². The van der Waals surface area contributed by atoms with Crippen molar-refractivity contribution in [3.8, 4) is 11.5 Å². The molecule has 0 unspecified atom stereocenters. The summed E-state index contributed by atoms with van der Waals surface area (Å²) in [6.45, 7) is 3.47. The molecule has 0 saturated carbocycles. The van der Waals surface area contributed by atoms with Gasteiger partial charge in [-0.25, -0.2) is 13.2 Å². The second-order valence-electron chi connectivity index (χ2n) is 7.79. The van der Waals surface area contributed by atoms with Gasteiger partial charge in [-0.3, -0.25) is 9.10 Å². The predicted octanol–water partition coefficient (Wildman–Crippen LogP) is 4.68. The first-order chi connectivity index (χ1) is 15.9. The zero-order valence-electron chi connectivity index (χ0n) is 18.2. The van der Waals surface area contributed by atoms with Gasteiger partial charge in [0.1, 0.15) is 9.77 Å². The first-order valence-electron chi connectivity index (χ1n) is 9.82. The number of hydrogen-bond donors (Lipinski definition) is 2. The van der Waals surface area contributed by atoms with Crippen LogP contribution in [0.15, 0.2) is 53.4 Å². The predicted molar refractivity (Wildman–Crippen MR) is 128 cm³/mol. The second kappa shape index (κ2) is 8.49. The quantitative estimate of drug-likeness (QED) is 0.481. The van der Waals surface area contributed by atoms with Crippen LogP contribution in [0, 0.1) is 0 Å². The highest BCUT2D eigenvalue weighted by Crippen LogP contribution is 2.42. The van der Waals surface area contributed by atoms with Crippen LogP contribution in [0.2, 0.25) is 4.34 Å². The lowest BCUT2D eigenvalue weighted by molar-refractivity contribution is -0.0431. The Morgan fingerprint density at radius 1 is 1.09 bits per heavy atom. The number of nitrogens with one attached hydrogen (secondary N) is 1. The number of rotatable bonds is 6. The summed E-state index contributed by atoms with van der Waals surface area (Å²) in [6.07, 6.45) is 0. The van der Waals surface area contributed by atoms with Crippen molar-refractivity contribution >= 4 is 56.2 Å². The molecule has 12 heteroatoms. The van der Waals surface area contributed by atoms with Crippen LogP contribution in [-0.2, 0) is 10.0 Å². The van der Waals surface area contributed by atoms with Crippen molar-refractivity contribution in [2.24, 2.45) is 0 Å². The molecule has 0 radical (unpaired) electrons. The summed E-state index contributed by atoms with van der Waals surface area (Å²) in [5, 5.41) is 11.7. The van der Waals surface area contributed by atoms with Crippen LogP contribution >= 0.6 is 22.9 Å². The average Bonchev–Trinajstić information content (AvgIpc) is 3.31. The molecule has 0 aliphatic carbocycles. The Labute approximate surface area is 204 Å². The van der Waals surface area contributed by atoms with Gasteiger partial charge in [-0.1, -0.05) is 17.7 Å². The highest BCUT2D eigenvalue weighted by atomic mass is 35.5. The van der Waals surface area contributed by atoms with Crippen LogP contribution in [0.4, 0.5) is 11.4 Å². The van der Waals surface area contributed by atoms with Gasteiger partial charge in [0.25, 0.3) is 15.9 Å².